The Kier molecular flexibility index (Phi) is 2.68. The second-order valence-corrected chi connectivity index (χ2v) is 3.43. The number of hydrogen-bond donors (Lipinski definition) is 1. The maximum atomic E-state index is 13.4. The number of anilines is 1. The lowest BCUT2D eigenvalue weighted by molar-refractivity contribution is 0.103. The van der Waals surface area contributed by atoms with E-state index in [2.05, 4.69) is 0 Å². The first-order chi connectivity index (χ1) is 7.68. The Morgan fingerprint density at radius 3 is 2.44 bits per heavy atom. The summed E-state index contributed by atoms with van der Waals surface area (Å²) in [4.78, 5) is 11.9. The SMILES string of the molecule is Nc1ccc(F)c(C(=O)c2ccccc2)c1. The average Bonchev–Trinajstić information content (AvgIpc) is 2.32. The van der Waals surface area contributed by atoms with Gasteiger partial charge in [-0.25, -0.2) is 4.39 Å². The Hall–Kier alpha value is -2.16. The molecule has 0 heterocycles. The number of carbonyl (C=O) groups excluding carboxylic acids is 1. The van der Waals surface area contributed by atoms with Gasteiger partial charge in [0.1, 0.15) is 5.82 Å². The Morgan fingerprint density at radius 2 is 1.75 bits per heavy atom. The van der Waals surface area contributed by atoms with Crippen molar-refractivity contribution in [2.45, 2.75) is 0 Å². The fourth-order valence-electron chi connectivity index (χ4n) is 1.46. The smallest absolute Gasteiger partial charge is 0.196 e. The van der Waals surface area contributed by atoms with Gasteiger partial charge in [0.2, 0.25) is 0 Å². The van der Waals surface area contributed by atoms with Gasteiger partial charge in [-0.3, -0.25) is 4.79 Å². The molecule has 0 aliphatic rings. The largest absolute Gasteiger partial charge is 0.399 e. The standard InChI is InChI=1S/C13H10FNO/c14-12-7-6-10(15)8-11(12)13(16)9-4-2-1-3-5-9/h1-8H,15H2. The summed E-state index contributed by atoms with van der Waals surface area (Å²) < 4.78 is 13.4. The summed E-state index contributed by atoms with van der Waals surface area (Å²) in [6.07, 6.45) is 0. The molecule has 0 aliphatic carbocycles. The zero-order valence-electron chi connectivity index (χ0n) is 8.48. The van der Waals surface area contributed by atoms with Crippen LogP contribution < -0.4 is 5.73 Å². The number of nitrogens with two attached hydrogens (primary N) is 1. The number of rotatable bonds is 2. The molecule has 0 bridgehead atoms. The molecule has 0 aliphatic heterocycles. The fourth-order valence-corrected chi connectivity index (χ4v) is 1.46. The molecule has 0 spiro atoms. The number of hydrogen-bond acceptors (Lipinski definition) is 2. The molecule has 0 aromatic heterocycles. The van der Waals surface area contributed by atoms with Crippen LogP contribution in [0.2, 0.25) is 0 Å². The molecule has 2 aromatic carbocycles. The summed E-state index contributed by atoms with van der Waals surface area (Å²) in [5, 5.41) is 0. The summed E-state index contributed by atoms with van der Waals surface area (Å²) in [7, 11) is 0. The minimum Gasteiger partial charge on any atom is -0.399 e. The van der Waals surface area contributed by atoms with Gasteiger partial charge in [0, 0.05) is 11.3 Å². The molecule has 0 saturated carbocycles. The highest BCUT2D eigenvalue weighted by molar-refractivity contribution is 6.09. The van der Waals surface area contributed by atoms with Crippen molar-refractivity contribution in [2.24, 2.45) is 0 Å². The second kappa shape index (κ2) is 4.14. The van der Waals surface area contributed by atoms with Gasteiger partial charge in [0.25, 0.3) is 0 Å². The van der Waals surface area contributed by atoms with Gasteiger partial charge in [-0.15, -0.1) is 0 Å². The number of benzene rings is 2. The highest BCUT2D eigenvalue weighted by Crippen LogP contribution is 2.16. The molecule has 2 N–H and O–H groups in total. The molecule has 0 unspecified atom stereocenters. The topological polar surface area (TPSA) is 43.1 Å². The first kappa shape index (κ1) is 10.4. The van der Waals surface area contributed by atoms with E-state index in [1.807, 2.05) is 0 Å². The molecule has 0 saturated heterocycles. The van der Waals surface area contributed by atoms with E-state index in [4.69, 9.17) is 5.73 Å². The van der Waals surface area contributed by atoms with Crippen molar-refractivity contribution in [1.82, 2.24) is 0 Å². The highest BCUT2D eigenvalue weighted by atomic mass is 19.1. The van der Waals surface area contributed by atoms with Crippen molar-refractivity contribution in [2.75, 3.05) is 5.73 Å². The third kappa shape index (κ3) is 1.93. The van der Waals surface area contributed by atoms with E-state index in [0.29, 0.717) is 11.3 Å². The van der Waals surface area contributed by atoms with Crippen molar-refractivity contribution >= 4 is 11.5 Å². The van der Waals surface area contributed by atoms with Gasteiger partial charge < -0.3 is 5.73 Å². The van der Waals surface area contributed by atoms with Gasteiger partial charge in [0.15, 0.2) is 5.78 Å². The van der Waals surface area contributed by atoms with Crippen LogP contribution >= 0.6 is 0 Å². The Morgan fingerprint density at radius 1 is 1.06 bits per heavy atom. The van der Waals surface area contributed by atoms with E-state index < -0.39 is 5.82 Å². The van der Waals surface area contributed by atoms with Crippen molar-refractivity contribution in [3.05, 3.63) is 65.5 Å². The van der Waals surface area contributed by atoms with E-state index in [-0.39, 0.29) is 11.3 Å². The van der Waals surface area contributed by atoms with E-state index in [0.717, 1.165) is 0 Å². The molecule has 3 heteroatoms. The van der Waals surface area contributed by atoms with Crippen molar-refractivity contribution in [1.29, 1.82) is 0 Å². The summed E-state index contributed by atoms with van der Waals surface area (Å²) in [6, 6.07) is 12.5. The van der Waals surface area contributed by atoms with Crippen LogP contribution in [0.3, 0.4) is 0 Å². The lowest BCUT2D eigenvalue weighted by Crippen LogP contribution is -2.04. The monoisotopic (exact) mass is 215 g/mol. The third-order valence-electron chi connectivity index (χ3n) is 2.27. The van der Waals surface area contributed by atoms with Gasteiger partial charge >= 0.3 is 0 Å². The minimum absolute atomic E-state index is 0.00574. The van der Waals surface area contributed by atoms with E-state index in [1.54, 1.807) is 30.3 Å². The quantitative estimate of drug-likeness (QED) is 0.618. The molecule has 2 aromatic rings. The van der Waals surface area contributed by atoms with Gasteiger partial charge in [0.05, 0.1) is 5.56 Å². The minimum atomic E-state index is -0.553. The van der Waals surface area contributed by atoms with Crippen LogP contribution in [0.5, 0.6) is 0 Å². The van der Waals surface area contributed by atoms with E-state index in [9.17, 15) is 9.18 Å². The number of nitrogen functional groups attached to an aromatic ring is 1. The molecule has 16 heavy (non-hydrogen) atoms. The van der Waals surface area contributed by atoms with Crippen LogP contribution in [0.25, 0.3) is 0 Å². The Bertz CT molecular complexity index is 523. The fraction of sp³-hybridized carbons (Fsp3) is 0. The Labute approximate surface area is 92.5 Å². The molecule has 0 radical (unpaired) electrons. The molecule has 0 fully saturated rings. The van der Waals surface area contributed by atoms with Crippen LogP contribution in [0.1, 0.15) is 15.9 Å². The molecule has 80 valence electrons. The number of ketones is 1. The molecule has 0 amide bonds. The molecule has 2 rings (SSSR count). The zero-order valence-corrected chi connectivity index (χ0v) is 8.48. The highest BCUT2D eigenvalue weighted by Gasteiger charge is 2.13. The molecular weight excluding hydrogens is 205 g/mol. The first-order valence-corrected chi connectivity index (χ1v) is 4.83. The van der Waals surface area contributed by atoms with Crippen LogP contribution in [0.15, 0.2) is 48.5 Å². The first-order valence-electron chi connectivity index (χ1n) is 4.83. The average molecular weight is 215 g/mol. The normalized spacial score (nSPS) is 10.1. The summed E-state index contributed by atoms with van der Waals surface area (Å²) in [6.45, 7) is 0. The van der Waals surface area contributed by atoms with Crippen LogP contribution in [0.4, 0.5) is 10.1 Å². The lowest BCUT2D eigenvalue weighted by Gasteiger charge is -2.03. The zero-order chi connectivity index (χ0) is 11.5. The van der Waals surface area contributed by atoms with Crippen LogP contribution in [-0.4, -0.2) is 5.78 Å². The van der Waals surface area contributed by atoms with Crippen LogP contribution in [0, 0.1) is 5.82 Å². The summed E-state index contributed by atoms with van der Waals surface area (Å²) in [5.74, 6) is -0.909. The molecule has 0 atom stereocenters. The van der Waals surface area contributed by atoms with Gasteiger partial charge in [-0.05, 0) is 18.2 Å². The predicted octanol–water partition coefficient (Wildman–Crippen LogP) is 2.64. The lowest BCUT2D eigenvalue weighted by atomic mass is 10.0. The third-order valence-corrected chi connectivity index (χ3v) is 2.27. The Balaban J connectivity index is 2.46. The summed E-state index contributed by atoms with van der Waals surface area (Å²) >= 11 is 0. The number of halogens is 1. The summed E-state index contributed by atoms with van der Waals surface area (Å²) in [5.41, 5.74) is 6.36. The van der Waals surface area contributed by atoms with Crippen LogP contribution in [-0.2, 0) is 0 Å². The van der Waals surface area contributed by atoms with E-state index >= 15 is 0 Å². The number of carbonyl (C=O) groups is 1. The van der Waals surface area contributed by atoms with Crippen molar-refractivity contribution < 1.29 is 9.18 Å². The molecular formula is C13H10FNO. The van der Waals surface area contributed by atoms with Gasteiger partial charge in [-0.1, -0.05) is 30.3 Å². The van der Waals surface area contributed by atoms with Crippen molar-refractivity contribution in [3.63, 3.8) is 0 Å². The van der Waals surface area contributed by atoms with Crippen molar-refractivity contribution in [3.8, 4) is 0 Å². The molecule has 2 nitrogen and oxygen atoms in total. The maximum Gasteiger partial charge on any atom is 0.196 e. The van der Waals surface area contributed by atoms with E-state index in [1.165, 1.54) is 18.2 Å². The second-order valence-electron chi connectivity index (χ2n) is 3.43. The predicted molar refractivity (Wildman–Crippen MR) is 60.7 cm³/mol. The maximum absolute atomic E-state index is 13.4. The van der Waals surface area contributed by atoms with Gasteiger partial charge in [-0.2, -0.15) is 0 Å².